The monoisotopic (exact) mass is 526 g/mol. The van der Waals surface area contributed by atoms with Crippen molar-refractivity contribution in [2.45, 2.75) is 51.5 Å². The van der Waals surface area contributed by atoms with Crippen LogP contribution in [0, 0.1) is 0 Å². The lowest BCUT2D eigenvalue weighted by atomic mass is 9.99. The van der Waals surface area contributed by atoms with Gasteiger partial charge in [-0.2, -0.15) is 0 Å². The molecule has 0 aromatic heterocycles. The first kappa shape index (κ1) is 22.7. The zero-order valence-corrected chi connectivity index (χ0v) is 18.3. The molecule has 0 spiro atoms. The molecule has 5 atom stereocenters. The van der Waals surface area contributed by atoms with Gasteiger partial charge in [0.25, 0.3) is 0 Å². The molecule has 1 aliphatic heterocycles. The second-order valence-electron chi connectivity index (χ2n) is 5.99. The zero-order chi connectivity index (χ0) is 20.8. The minimum atomic E-state index is -1.15. The SMILES string of the molecule is CC(=O)O[C@H]1[C@@H](OC(C)=O)[C@@H](CI)O[C@H](Oc2ccc(Cl)cc2)[C@@H]1OC(C)=O. The van der Waals surface area contributed by atoms with Crippen molar-refractivity contribution in [1.82, 2.24) is 0 Å². The Kier molecular flexibility index (Phi) is 8.32. The molecule has 1 aliphatic rings. The van der Waals surface area contributed by atoms with Gasteiger partial charge in [0.2, 0.25) is 12.4 Å². The van der Waals surface area contributed by atoms with Gasteiger partial charge < -0.3 is 23.7 Å². The lowest BCUT2D eigenvalue weighted by molar-refractivity contribution is -0.279. The van der Waals surface area contributed by atoms with Crippen LogP contribution in [0.25, 0.3) is 0 Å². The number of halogens is 2. The Morgan fingerprint density at radius 2 is 1.43 bits per heavy atom. The van der Waals surface area contributed by atoms with Crippen LogP contribution in [0.15, 0.2) is 24.3 Å². The van der Waals surface area contributed by atoms with E-state index in [-0.39, 0.29) is 0 Å². The smallest absolute Gasteiger partial charge is 0.303 e. The van der Waals surface area contributed by atoms with E-state index in [0.717, 1.165) is 0 Å². The van der Waals surface area contributed by atoms with E-state index in [1.807, 2.05) is 0 Å². The summed E-state index contributed by atoms with van der Waals surface area (Å²) in [6.45, 7) is 3.64. The topological polar surface area (TPSA) is 97.4 Å². The highest BCUT2D eigenvalue weighted by Crippen LogP contribution is 2.31. The number of ether oxygens (including phenoxy) is 5. The quantitative estimate of drug-likeness (QED) is 0.242. The summed E-state index contributed by atoms with van der Waals surface area (Å²) in [6.07, 6.45) is -4.97. The van der Waals surface area contributed by atoms with Gasteiger partial charge in [0.1, 0.15) is 11.9 Å². The molecule has 0 aliphatic carbocycles. The minimum absolute atomic E-state index is 0.404. The lowest BCUT2D eigenvalue weighted by Gasteiger charge is -2.43. The predicted molar refractivity (Wildman–Crippen MR) is 106 cm³/mol. The molecule has 10 heteroatoms. The molecule has 28 heavy (non-hydrogen) atoms. The van der Waals surface area contributed by atoms with Gasteiger partial charge in [0.15, 0.2) is 12.2 Å². The summed E-state index contributed by atoms with van der Waals surface area (Å²) < 4.78 is 28.1. The first-order chi connectivity index (χ1) is 13.2. The standard InChI is InChI=1S/C18H20ClIO8/c1-9(21)24-15-14(8-20)28-18(27-13-6-4-12(19)5-7-13)17(26-11(3)23)16(15)25-10(2)22/h4-7,14-18H,8H2,1-3H3/t14-,15+,16+,17-,18+/m1/s1. The fourth-order valence-corrected chi connectivity index (χ4v) is 3.56. The fourth-order valence-electron chi connectivity index (χ4n) is 2.72. The molecule has 1 aromatic carbocycles. The van der Waals surface area contributed by atoms with Gasteiger partial charge in [-0.05, 0) is 24.3 Å². The van der Waals surface area contributed by atoms with E-state index in [0.29, 0.717) is 15.2 Å². The van der Waals surface area contributed by atoms with E-state index in [9.17, 15) is 14.4 Å². The van der Waals surface area contributed by atoms with Crippen LogP contribution in [0.4, 0.5) is 0 Å². The van der Waals surface area contributed by atoms with E-state index in [1.54, 1.807) is 24.3 Å². The van der Waals surface area contributed by atoms with Gasteiger partial charge in [-0.25, -0.2) is 0 Å². The minimum Gasteiger partial charge on any atom is -0.461 e. The first-order valence-electron chi connectivity index (χ1n) is 8.36. The Balaban J connectivity index is 2.38. The van der Waals surface area contributed by atoms with Crippen molar-refractivity contribution in [2.75, 3.05) is 4.43 Å². The van der Waals surface area contributed by atoms with E-state index < -0.39 is 48.6 Å². The van der Waals surface area contributed by atoms with Crippen LogP contribution in [-0.4, -0.2) is 53.0 Å². The van der Waals surface area contributed by atoms with Gasteiger partial charge >= 0.3 is 17.9 Å². The molecular formula is C18H20ClIO8. The zero-order valence-electron chi connectivity index (χ0n) is 15.4. The van der Waals surface area contributed by atoms with Gasteiger partial charge in [-0.3, -0.25) is 14.4 Å². The van der Waals surface area contributed by atoms with Crippen molar-refractivity contribution in [3.8, 4) is 5.75 Å². The van der Waals surface area contributed by atoms with E-state index in [1.165, 1.54) is 20.8 Å². The summed E-state index contributed by atoms with van der Waals surface area (Å²) in [5.74, 6) is -1.44. The average molecular weight is 527 g/mol. The summed E-state index contributed by atoms with van der Waals surface area (Å²) in [6, 6.07) is 6.49. The Labute approximate surface area is 180 Å². The van der Waals surface area contributed by atoms with Crippen LogP contribution in [0.2, 0.25) is 5.02 Å². The maximum absolute atomic E-state index is 11.7. The molecule has 1 aromatic rings. The third kappa shape index (κ3) is 6.21. The van der Waals surface area contributed by atoms with Crippen molar-refractivity contribution < 1.29 is 38.1 Å². The maximum Gasteiger partial charge on any atom is 0.303 e. The summed E-state index contributed by atoms with van der Waals surface area (Å²) in [4.78, 5) is 34.9. The van der Waals surface area contributed by atoms with E-state index >= 15 is 0 Å². The Bertz CT molecular complexity index is 710. The molecule has 8 nitrogen and oxygen atoms in total. The highest BCUT2D eigenvalue weighted by Gasteiger charge is 2.52. The molecule has 0 unspecified atom stereocenters. The van der Waals surface area contributed by atoms with Crippen molar-refractivity contribution in [1.29, 1.82) is 0 Å². The van der Waals surface area contributed by atoms with Crippen molar-refractivity contribution in [3.05, 3.63) is 29.3 Å². The van der Waals surface area contributed by atoms with Crippen molar-refractivity contribution in [2.24, 2.45) is 0 Å². The fraction of sp³-hybridized carbons (Fsp3) is 0.500. The third-order valence-electron chi connectivity index (χ3n) is 3.72. The molecule has 0 amide bonds. The number of benzene rings is 1. The Morgan fingerprint density at radius 1 is 0.929 bits per heavy atom. The molecule has 2 rings (SSSR count). The summed E-state index contributed by atoms with van der Waals surface area (Å²) >= 11 is 7.94. The molecule has 0 saturated carbocycles. The molecular weight excluding hydrogens is 507 g/mol. The molecule has 1 fully saturated rings. The largest absolute Gasteiger partial charge is 0.461 e. The highest BCUT2D eigenvalue weighted by atomic mass is 127. The molecule has 1 heterocycles. The normalized spacial score (nSPS) is 26.8. The van der Waals surface area contributed by atoms with Crippen LogP contribution in [0.3, 0.4) is 0 Å². The molecule has 0 N–H and O–H groups in total. The molecule has 1 saturated heterocycles. The van der Waals surface area contributed by atoms with Gasteiger partial charge in [-0.1, -0.05) is 34.2 Å². The van der Waals surface area contributed by atoms with Crippen LogP contribution in [0.1, 0.15) is 20.8 Å². The van der Waals surface area contributed by atoms with Gasteiger partial charge in [0, 0.05) is 30.2 Å². The van der Waals surface area contributed by atoms with Gasteiger partial charge in [-0.15, -0.1) is 0 Å². The number of hydrogen-bond acceptors (Lipinski definition) is 8. The number of carbonyl (C=O) groups excluding carboxylic acids is 3. The maximum atomic E-state index is 11.7. The second-order valence-corrected chi connectivity index (χ2v) is 7.31. The van der Waals surface area contributed by atoms with Crippen LogP contribution in [0.5, 0.6) is 5.75 Å². The predicted octanol–water partition coefficient (Wildman–Crippen LogP) is 2.67. The summed E-state index contributed by atoms with van der Waals surface area (Å²) in [5, 5.41) is 0.520. The van der Waals surface area contributed by atoms with Crippen LogP contribution in [-0.2, 0) is 33.3 Å². The lowest BCUT2D eigenvalue weighted by Crippen LogP contribution is -2.63. The van der Waals surface area contributed by atoms with Crippen molar-refractivity contribution in [3.63, 3.8) is 0 Å². The number of rotatable bonds is 6. The Morgan fingerprint density at radius 3 is 1.93 bits per heavy atom. The van der Waals surface area contributed by atoms with Crippen molar-refractivity contribution >= 4 is 52.1 Å². The molecule has 154 valence electrons. The second kappa shape index (κ2) is 10.3. The number of alkyl halides is 1. The average Bonchev–Trinajstić information content (AvgIpc) is 2.60. The molecule has 0 radical (unpaired) electrons. The third-order valence-corrected chi connectivity index (χ3v) is 4.84. The Hall–Kier alpha value is -1.59. The van der Waals surface area contributed by atoms with Crippen LogP contribution < -0.4 is 4.74 Å². The molecule has 0 bridgehead atoms. The summed E-state index contributed by atoms with van der Waals surface area (Å²) in [5.41, 5.74) is 0. The number of esters is 3. The highest BCUT2D eigenvalue weighted by molar-refractivity contribution is 14.1. The summed E-state index contributed by atoms with van der Waals surface area (Å²) in [7, 11) is 0. The van der Waals surface area contributed by atoms with E-state index in [2.05, 4.69) is 22.6 Å². The van der Waals surface area contributed by atoms with Gasteiger partial charge in [0.05, 0.1) is 0 Å². The van der Waals surface area contributed by atoms with E-state index in [4.69, 9.17) is 35.3 Å². The first-order valence-corrected chi connectivity index (χ1v) is 10.3. The number of hydrogen-bond donors (Lipinski definition) is 0. The number of carbonyl (C=O) groups is 3. The van der Waals surface area contributed by atoms with Crippen LogP contribution >= 0.6 is 34.2 Å².